The molecule has 0 bridgehead atoms. The van der Waals surface area contributed by atoms with Crippen LogP contribution in [0.3, 0.4) is 0 Å². The quantitative estimate of drug-likeness (QED) is 0.800. The van der Waals surface area contributed by atoms with Gasteiger partial charge in [-0.15, -0.1) is 11.3 Å². The third kappa shape index (κ3) is 3.09. The summed E-state index contributed by atoms with van der Waals surface area (Å²) >= 11 is 1.43. The highest BCUT2D eigenvalue weighted by Crippen LogP contribution is 2.33. The van der Waals surface area contributed by atoms with Crippen LogP contribution in [0.5, 0.6) is 0 Å². The fourth-order valence-electron chi connectivity index (χ4n) is 1.77. The van der Waals surface area contributed by atoms with Crippen LogP contribution >= 0.6 is 11.3 Å². The van der Waals surface area contributed by atoms with Crippen LogP contribution in [-0.4, -0.2) is 23.7 Å². The number of rotatable bonds is 3. The van der Waals surface area contributed by atoms with Crippen molar-refractivity contribution in [3.8, 4) is 11.8 Å². The first-order valence-corrected chi connectivity index (χ1v) is 6.61. The van der Waals surface area contributed by atoms with Gasteiger partial charge in [0.1, 0.15) is 6.61 Å². The molecule has 3 nitrogen and oxygen atoms in total. The van der Waals surface area contributed by atoms with Crippen molar-refractivity contribution >= 4 is 17.2 Å². The number of aliphatic hydroxyl groups is 1. The molecule has 1 aliphatic carbocycles. The number of amides is 1. The molecule has 0 aromatic carbocycles. The average Bonchev–Trinajstić information content (AvgIpc) is 2.90. The van der Waals surface area contributed by atoms with Gasteiger partial charge in [-0.1, -0.05) is 25.2 Å². The van der Waals surface area contributed by atoms with E-state index in [-0.39, 0.29) is 12.5 Å². The molecule has 1 amide bonds. The molecule has 0 saturated heterocycles. The number of aliphatic hydroxyl groups excluding tert-OH is 1. The van der Waals surface area contributed by atoms with Crippen LogP contribution in [0.4, 0.5) is 0 Å². The number of nitrogens with one attached hydrogen (secondary N) is 1. The van der Waals surface area contributed by atoms with Crippen LogP contribution in [-0.2, 0) is 0 Å². The van der Waals surface area contributed by atoms with Gasteiger partial charge < -0.3 is 10.4 Å². The van der Waals surface area contributed by atoms with Gasteiger partial charge in [0.15, 0.2) is 0 Å². The summed E-state index contributed by atoms with van der Waals surface area (Å²) in [5.41, 5.74) is 0.666. The summed E-state index contributed by atoms with van der Waals surface area (Å²) < 4.78 is 0. The topological polar surface area (TPSA) is 49.3 Å². The van der Waals surface area contributed by atoms with Crippen molar-refractivity contribution in [3.63, 3.8) is 0 Å². The first-order chi connectivity index (χ1) is 8.24. The van der Waals surface area contributed by atoms with E-state index >= 15 is 0 Å². The van der Waals surface area contributed by atoms with Gasteiger partial charge in [0, 0.05) is 11.4 Å². The molecule has 0 spiro atoms. The van der Waals surface area contributed by atoms with Gasteiger partial charge >= 0.3 is 0 Å². The molecular weight excluding hydrogens is 234 g/mol. The van der Waals surface area contributed by atoms with Crippen molar-refractivity contribution in [2.75, 3.05) is 6.61 Å². The van der Waals surface area contributed by atoms with Crippen molar-refractivity contribution in [1.82, 2.24) is 5.32 Å². The highest BCUT2D eigenvalue weighted by atomic mass is 32.1. The molecule has 2 rings (SSSR count). The maximum atomic E-state index is 11.8. The molecular formula is C13H15NO2S. The van der Waals surface area contributed by atoms with E-state index in [1.54, 1.807) is 11.4 Å². The SMILES string of the molecule is CCC1CC1NC(=O)c1csc(C#CCO)c1. The predicted octanol–water partition coefficient (Wildman–Crippen LogP) is 1.62. The Morgan fingerprint density at radius 2 is 2.53 bits per heavy atom. The molecule has 1 saturated carbocycles. The lowest BCUT2D eigenvalue weighted by molar-refractivity contribution is 0.0949. The largest absolute Gasteiger partial charge is 0.384 e. The summed E-state index contributed by atoms with van der Waals surface area (Å²) in [5.74, 6) is 6.01. The molecule has 1 aromatic rings. The number of carbonyl (C=O) groups is 1. The normalized spacial score (nSPS) is 21.5. The first-order valence-electron chi connectivity index (χ1n) is 5.73. The highest BCUT2D eigenvalue weighted by molar-refractivity contribution is 7.10. The van der Waals surface area contributed by atoms with E-state index in [2.05, 4.69) is 24.1 Å². The molecule has 2 unspecified atom stereocenters. The lowest BCUT2D eigenvalue weighted by Crippen LogP contribution is -2.26. The third-order valence-corrected chi connectivity index (χ3v) is 3.76. The molecule has 1 aliphatic rings. The summed E-state index contributed by atoms with van der Waals surface area (Å²) in [7, 11) is 0. The molecule has 2 atom stereocenters. The molecule has 4 heteroatoms. The summed E-state index contributed by atoms with van der Waals surface area (Å²) in [4.78, 5) is 12.7. The minimum atomic E-state index is -0.153. The summed E-state index contributed by atoms with van der Waals surface area (Å²) in [6.45, 7) is 1.99. The molecule has 1 heterocycles. The zero-order valence-corrected chi connectivity index (χ0v) is 10.5. The van der Waals surface area contributed by atoms with E-state index in [0.717, 1.165) is 17.7 Å². The number of thiophene rings is 1. The van der Waals surface area contributed by atoms with E-state index in [4.69, 9.17) is 5.11 Å². The summed E-state index contributed by atoms with van der Waals surface area (Å²) in [6.07, 6.45) is 2.23. The smallest absolute Gasteiger partial charge is 0.252 e. The fourth-order valence-corrected chi connectivity index (χ4v) is 2.53. The molecule has 0 radical (unpaired) electrons. The van der Waals surface area contributed by atoms with Crippen LogP contribution in [0.2, 0.25) is 0 Å². The highest BCUT2D eigenvalue weighted by Gasteiger charge is 2.36. The number of carbonyl (C=O) groups excluding carboxylic acids is 1. The van der Waals surface area contributed by atoms with Gasteiger partial charge in [0.2, 0.25) is 0 Å². The molecule has 0 aliphatic heterocycles. The van der Waals surface area contributed by atoms with E-state index in [9.17, 15) is 4.79 Å². The Kier molecular flexibility index (Phi) is 3.82. The Balaban J connectivity index is 1.93. The first kappa shape index (κ1) is 12.2. The second-order valence-corrected chi connectivity index (χ2v) is 5.05. The lowest BCUT2D eigenvalue weighted by atomic mass is 10.2. The fraction of sp³-hybridized carbons (Fsp3) is 0.462. The Bertz CT molecular complexity index is 469. The molecule has 17 heavy (non-hydrogen) atoms. The van der Waals surface area contributed by atoms with Crippen molar-refractivity contribution < 1.29 is 9.90 Å². The van der Waals surface area contributed by atoms with Gasteiger partial charge in [0.25, 0.3) is 5.91 Å². The molecule has 90 valence electrons. The van der Waals surface area contributed by atoms with Crippen molar-refractivity contribution in [1.29, 1.82) is 0 Å². The Hall–Kier alpha value is -1.31. The van der Waals surface area contributed by atoms with E-state index < -0.39 is 0 Å². The Morgan fingerprint density at radius 3 is 3.18 bits per heavy atom. The van der Waals surface area contributed by atoms with Gasteiger partial charge in [-0.25, -0.2) is 0 Å². The lowest BCUT2D eigenvalue weighted by Gasteiger charge is -2.01. The minimum absolute atomic E-state index is 0.0146. The van der Waals surface area contributed by atoms with Gasteiger partial charge in [-0.05, 0) is 18.4 Å². The maximum absolute atomic E-state index is 11.8. The van der Waals surface area contributed by atoms with E-state index in [1.165, 1.54) is 11.3 Å². The zero-order valence-electron chi connectivity index (χ0n) is 9.69. The van der Waals surface area contributed by atoms with Gasteiger partial charge in [-0.3, -0.25) is 4.79 Å². The maximum Gasteiger partial charge on any atom is 0.252 e. The Morgan fingerprint density at radius 1 is 1.71 bits per heavy atom. The standard InChI is InChI=1S/C13H15NO2S/c1-2-9-7-12(9)14-13(16)10-6-11(17-8-10)4-3-5-15/h6,8-9,12,15H,2,5,7H2,1H3,(H,14,16). The number of hydrogen-bond acceptors (Lipinski definition) is 3. The van der Waals surface area contributed by atoms with Crippen LogP contribution < -0.4 is 5.32 Å². The summed E-state index contributed by atoms with van der Waals surface area (Å²) in [5, 5.41) is 13.4. The molecule has 2 N–H and O–H groups in total. The third-order valence-electron chi connectivity index (χ3n) is 2.92. The van der Waals surface area contributed by atoms with Crippen LogP contribution in [0.15, 0.2) is 11.4 Å². The van der Waals surface area contributed by atoms with E-state index in [1.807, 2.05) is 0 Å². The van der Waals surface area contributed by atoms with Crippen LogP contribution in [0.25, 0.3) is 0 Å². The Labute approximate surface area is 105 Å². The predicted molar refractivity (Wildman–Crippen MR) is 67.9 cm³/mol. The number of hydrogen-bond donors (Lipinski definition) is 2. The second-order valence-electron chi connectivity index (χ2n) is 4.14. The average molecular weight is 249 g/mol. The van der Waals surface area contributed by atoms with Gasteiger partial charge in [-0.2, -0.15) is 0 Å². The van der Waals surface area contributed by atoms with Crippen molar-refractivity contribution in [2.45, 2.75) is 25.8 Å². The van der Waals surface area contributed by atoms with E-state index in [0.29, 0.717) is 17.5 Å². The second kappa shape index (κ2) is 5.35. The van der Waals surface area contributed by atoms with Crippen LogP contribution in [0.1, 0.15) is 35.0 Å². The molecule has 1 fully saturated rings. The van der Waals surface area contributed by atoms with Crippen LogP contribution in [0, 0.1) is 17.8 Å². The van der Waals surface area contributed by atoms with Crippen molar-refractivity contribution in [3.05, 3.63) is 21.9 Å². The minimum Gasteiger partial charge on any atom is -0.384 e. The van der Waals surface area contributed by atoms with Gasteiger partial charge in [0.05, 0.1) is 10.4 Å². The summed E-state index contributed by atoms with van der Waals surface area (Å²) in [6, 6.07) is 2.13. The zero-order chi connectivity index (χ0) is 12.3. The van der Waals surface area contributed by atoms with Crippen molar-refractivity contribution in [2.24, 2.45) is 5.92 Å². The molecule has 1 aromatic heterocycles. The monoisotopic (exact) mass is 249 g/mol.